The molecule has 7 nitrogen and oxygen atoms in total. The maximum Gasteiger partial charge on any atom is 0.416 e. The number of sulfonamides is 1. The Hall–Kier alpha value is -4.04. The molecule has 0 aliphatic heterocycles. The SMILES string of the molecule is COc1ccc(C(=O)O)cc1S(=O)(=O)Nc1cc(C(F)(F)F)ccc1-c1ccc(C#N)cc1. The monoisotopic (exact) mass is 476 g/mol. The Kier molecular flexibility index (Phi) is 6.32. The second-order valence-corrected chi connectivity index (χ2v) is 8.37. The third-order valence-electron chi connectivity index (χ3n) is 4.62. The summed E-state index contributed by atoms with van der Waals surface area (Å²) < 4.78 is 73.3. The van der Waals surface area contributed by atoms with Gasteiger partial charge in [0, 0.05) is 5.56 Å². The lowest BCUT2D eigenvalue weighted by Crippen LogP contribution is -2.16. The van der Waals surface area contributed by atoms with Crippen LogP contribution in [-0.4, -0.2) is 26.6 Å². The molecule has 11 heteroatoms. The molecule has 2 N–H and O–H groups in total. The molecule has 0 bridgehead atoms. The second-order valence-electron chi connectivity index (χ2n) is 6.72. The minimum absolute atomic E-state index is 0.115. The molecule has 3 aromatic rings. The van der Waals surface area contributed by atoms with Crippen LogP contribution in [-0.2, 0) is 16.2 Å². The number of alkyl halides is 3. The summed E-state index contributed by atoms with van der Waals surface area (Å²) in [6.07, 6.45) is -4.75. The van der Waals surface area contributed by atoms with Crippen LogP contribution in [0, 0.1) is 11.3 Å². The van der Waals surface area contributed by atoms with Gasteiger partial charge in [-0.1, -0.05) is 18.2 Å². The molecule has 0 atom stereocenters. The molecule has 0 aliphatic carbocycles. The molecule has 0 saturated carbocycles. The number of nitrogens with one attached hydrogen (secondary N) is 1. The highest BCUT2D eigenvalue weighted by molar-refractivity contribution is 7.92. The van der Waals surface area contributed by atoms with Crippen LogP contribution in [0.1, 0.15) is 21.5 Å². The van der Waals surface area contributed by atoms with Gasteiger partial charge in [0.05, 0.1) is 35.6 Å². The molecule has 0 saturated heterocycles. The van der Waals surface area contributed by atoms with E-state index in [2.05, 4.69) is 4.72 Å². The quantitative estimate of drug-likeness (QED) is 0.530. The number of hydrogen-bond acceptors (Lipinski definition) is 5. The van der Waals surface area contributed by atoms with E-state index < -0.39 is 38.3 Å². The van der Waals surface area contributed by atoms with Crippen molar-refractivity contribution in [1.82, 2.24) is 0 Å². The zero-order valence-corrected chi connectivity index (χ0v) is 17.7. The van der Waals surface area contributed by atoms with Crippen molar-refractivity contribution in [1.29, 1.82) is 5.26 Å². The van der Waals surface area contributed by atoms with E-state index in [0.29, 0.717) is 17.2 Å². The third-order valence-corrected chi connectivity index (χ3v) is 6.00. The number of nitriles is 1. The number of rotatable bonds is 6. The van der Waals surface area contributed by atoms with Crippen LogP contribution in [0.4, 0.5) is 18.9 Å². The minimum atomic E-state index is -4.75. The van der Waals surface area contributed by atoms with Crippen molar-refractivity contribution in [2.45, 2.75) is 11.1 Å². The first-order valence-corrected chi connectivity index (χ1v) is 10.6. The number of carboxylic acid groups (broad SMARTS) is 1. The van der Waals surface area contributed by atoms with Gasteiger partial charge in [-0.2, -0.15) is 18.4 Å². The van der Waals surface area contributed by atoms with E-state index in [1.807, 2.05) is 6.07 Å². The van der Waals surface area contributed by atoms with E-state index in [1.165, 1.54) is 31.4 Å². The number of benzene rings is 3. The number of halogens is 3. The highest BCUT2D eigenvalue weighted by atomic mass is 32.2. The van der Waals surface area contributed by atoms with Crippen LogP contribution in [0.2, 0.25) is 0 Å². The first-order valence-electron chi connectivity index (χ1n) is 9.12. The fraction of sp³-hybridized carbons (Fsp3) is 0.0909. The van der Waals surface area contributed by atoms with Gasteiger partial charge in [0.25, 0.3) is 10.0 Å². The summed E-state index contributed by atoms with van der Waals surface area (Å²) in [4.78, 5) is 10.7. The van der Waals surface area contributed by atoms with Crippen LogP contribution < -0.4 is 9.46 Å². The number of anilines is 1. The zero-order chi connectivity index (χ0) is 24.4. The maximum atomic E-state index is 13.3. The Labute approximate surface area is 186 Å². The van der Waals surface area contributed by atoms with Gasteiger partial charge in [-0.05, 0) is 48.0 Å². The molecule has 0 aromatic heterocycles. The van der Waals surface area contributed by atoms with Crippen LogP contribution in [0.25, 0.3) is 11.1 Å². The number of aromatic carboxylic acids is 1. The van der Waals surface area contributed by atoms with Gasteiger partial charge in [0.1, 0.15) is 10.6 Å². The van der Waals surface area contributed by atoms with Gasteiger partial charge in [-0.15, -0.1) is 0 Å². The molecule has 33 heavy (non-hydrogen) atoms. The molecule has 0 amide bonds. The lowest BCUT2D eigenvalue weighted by molar-refractivity contribution is -0.137. The summed E-state index contributed by atoms with van der Waals surface area (Å²) in [6, 6.07) is 13.4. The zero-order valence-electron chi connectivity index (χ0n) is 16.8. The van der Waals surface area contributed by atoms with Gasteiger partial charge in [0.2, 0.25) is 0 Å². The first-order chi connectivity index (χ1) is 15.5. The Morgan fingerprint density at radius 2 is 1.73 bits per heavy atom. The molecule has 170 valence electrons. The van der Waals surface area contributed by atoms with E-state index in [-0.39, 0.29) is 16.9 Å². The van der Waals surface area contributed by atoms with E-state index >= 15 is 0 Å². The largest absolute Gasteiger partial charge is 0.495 e. The predicted octanol–water partition coefficient (Wildman–Crippen LogP) is 4.75. The van der Waals surface area contributed by atoms with Crippen molar-refractivity contribution in [2.75, 3.05) is 11.8 Å². The molecule has 0 unspecified atom stereocenters. The lowest BCUT2D eigenvalue weighted by atomic mass is 10.0. The summed E-state index contributed by atoms with van der Waals surface area (Å²) in [5, 5.41) is 18.1. The third kappa shape index (κ3) is 5.07. The number of carboxylic acids is 1. The van der Waals surface area contributed by atoms with E-state index in [9.17, 15) is 31.5 Å². The molecule has 0 radical (unpaired) electrons. The van der Waals surface area contributed by atoms with Crippen molar-refractivity contribution in [3.63, 3.8) is 0 Å². The van der Waals surface area contributed by atoms with E-state index in [1.54, 1.807) is 0 Å². The summed E-state index contributed by atoms with van der Waals surface area (Å²) in [5.41, 5.74) is -1.06. The van der Waals surface area contributed by atoms with Gasteiger partial charge < -0.3 is 9.84 Å². The first kappa shape index (κ1) is 23.6. The van der Waals surface area contributed by atoms with Crippen molar-refractivity contribution in [3.05, 3.63) is 77.4 Å². The van der Waals surface area contributed by atoms with Gasteiger partial charge in [0.15, 0.2) is 0 Å². The predicted molar refractivity (Wildman–Crippen MR) is 112 cm³/mol. The Morgan fingerprint density at radius 3 is 2.27 bits per heavy atom. The molecule has 0 spiro atoms. The molecule has 3 aromatic carbocycles. The van der Waals surface area contributed by atoms with Gasteiger partial charge >= 0.3 is 12.1 Å². The van der Waals surface area contributed by atoms with E-state index in [0.717, 1.165) is 30.3 Å². The Balaban J connectivity index is 2.17. The van der Waals surface area contributed by atoms with Crippen LogP contribution in [0.5, 0.6) is 5.75 Å². The average molecular weight is 476 g/mol. The van der Waals surface area contributed by atoms with Crippen molar-refractivity contribution >= 4 is 21.7 Å². The average Bonchev–Trinajstić information content (AvgIpc) is 2.77. The van der Waals surface area contributed by atoms with Crippen molar-refractivity contribution in [2.24, 2.45) is 0 Å². The number of nitrogens with zero attached hydrogens (tertiary/aromatic N) is 1. The highest BCUT2D eigenvalue weighted by Crippen LogP contribution is 2.37. The topological polar surface area (TPSA) is 116 Å². The molecule has 0 aliphatic rings. The maximum absolute atomic E-state index is 13.3. The normalized spacial score (nSPS) is 11.5. The van der Waals surface area contributed by atoms with Crippen LogP contribution in [0.3, 0.4) is 0 Å². The molecular formula is C22H15F3N2O5S. The molecule has 0 heterocycles. The van der Waals surface area contributed by atoms with Crippen molar-refractivity contribution < 1.29 is 36.2 Å². The van der Waals surface area contributed by atoms with Gasteiger partial charge in [-0.3, -0.25) is 4.72 Å². The number of carbonyl (C=O) groups is 1. The lowest BCUT2D eigenvalue weighted by Gasteiger charge is -2.17. The summed E-state index contributed by atoms with van der Waals surface area (Å²) in [5.74, 6) is -1.59. The van der Waals surface area contributed by atoms with Crippen LogP contribution in [0.15, 0.2) is 65.6 Å². The summed E-state index contributed by atoms with van der Waals surface area (Å²) in [7, 11) is -3.41. The minimum Gasteiger partial charge on any atom is -0.495 e. The summed E-state index contributed by atoms with van der Waals surface area (Å²) >= 11 is 0. The smallest absolute Gasteiger partial charge is 0.416 e. The van der Waals surface area contributed by atoms with Crippen molar-refractivity contribution in [3.8, 4) is 22.9 Å². The molecule has 3 rings (SSSR count). The number of methoxy groups -OCH3 is 1. The summed E-state index contributed by atoms with van der Waals surface area (Å²) in [6.45, 7) is 0. The second kappa shape index (κ2) is 8.84. The molecular weight excluding hydrogens is 461 g/mol. The number of hydrogen-bond donors (Lipinski definition) is 2. The van der Waals surface area contributed by atoms with Crippen LogP contribution >= 0.6 is 0 Å². The fourth-order valence-electron chi connectivity index (χ4n) is 3.00. The standard InChI is InChI=1S/C22H15F3N2O5S/c1-32-19-9-6-15(21(28)29)10-20(19)33(30,31)27-18-11-16(22(23,24)25)7-8-17(18)14-4-2-13(12-26)3-5-14/h2-11,27H,1H3,(H,28,29). The Bertz CT molecular complexity index is 1360. The number of ether oxygens (including phenoxy) is 1. The van der Waals surface area contributed by atoms with Gasteiger partial charge in [-0.25, -0.2) is 13.2 Å². The fourth-order valence-corrected chi connectivity index (χ4v) is 4.27. The highest BCUT2D eigenvalue weighted by Gasteiger charge is 2.32. The van der Waals surface area contributed by atoms with E-state index in [4.69, 9.17) is 10.00 Å². The Morgan fingerprint density at radius 1 is 1.06 bits per heavy atom. The molecule has 0 fully saturated rings.